The Morgan fingerprint density at radius 2 is 1.94 bits per heavy atom. The zero-order valence-electron chi connectivity index (χ0n) is 18.8. The number of carbonyl (C=O) groups is 1. The molecule has 0 aliphatic carbocycles. The number of nitrogens with zero attached hydrogens (tertiary/aromatic N) is 4. The molecule has 0 bridgehead atoms. The van der Waals surface area contributed by atoms with Gasteiger partial charge in [-0.3, -0.25) is 19.1 Å². The Kier molecular flexibility index (Phi) is 6.24. The van der Waals surface area contributed by atoms with E-state index < -0.39 is 0 Å². The Hall–Kier alpha value is -2.49. The van der Waals surface area contributed by atoms with Crippen molar-refractivity contribution in [3.63, 3.8) is 0 Å². The highest BCUT2D eigenvalue weighted by Crippen LogP contribution is 2.34. The second kappa shape index (κ2) is 8.80. The maximum atomic E-state index is 12.8. The topological polar surface area (TPSA) is 68.1 Å². The van der Waals surface area contributed by atoms with Gasteiger partial charge in [0.25, 0.3) is 5.56 Å². The first kappa shape index (κ1) is 22.7. The highest BCUT2D eigenvalue weighted by molar-refractivity contribution is 7.98. The summed E-state index contributed by atoms with van der Waals surface area (Å²) in [5.41, 5.74) is 4.86. The highest BCUT2D eigenvalue weighted by atomic mass is 32.2. The maximum absolute atomic E-state index is 12.8. The van der Waals surface area contributed by atoms with Gasteiger partial charge in [0.1, 0.15) is 4.83 Å². The van der Waals surface area contributed by atoms with Crippen LogP contribution in [-0.4, -0.2) is 20.4 Å². The quantitative estimate of drug-likeness (QED) is 0.270. The second-order valence-electron chi connectivity index (χ2n) is 7.78. The Labute approximate surface area is 199 Å². The molecule has 0 aliphatic heterocycles. The number of amides is 1. The van der Waals surface area contributed by atoms with Crippen molar-refractivity contribution in [2.75, 3.05) is 4.90 Å². The van der Waals surface area contributed by atoms with Crippen LogP contribution in [0.2, 0.25) is 0 Å². The van der Waals surface area contributed by atoms with Crippen molar-refractivity contribution in [2.24, 2.45) is 7.05 Å². The molecule has 166 valence electrons. The van der Waals surface area contributed by atoms with Gasteiger partial charge >= 0.3 is 0 Å². The van der Waals surface area contributed by atoms with Gasteiger partial charge in [0, 0.05) is 30.0 Å². The molecular weight excluding hydrogens is 460 g/mol. The number of hydrogen-bond donors (Lipinski definition) is 0. The third-order valence-electron chi connectivity index (χ3n) is 5.36. The van der Waals surface area contributed by atoms with E-state index in [1.165, 1.54) is 23.1 Å². The van der Waals surface area contributed by atoms with Crippen molar-refractivity contribution in [3.8, 4) is 0 Å². The fraction of sp³-hybridized carbons (Fsp3) is 0.304. The van der Waals surface area contributed by atoms with Crippen LogP contribution in [0.5, 0.6) is 0 Å². The van der Waals surface area contributed by atoms with Crippen LogP contribution in [0.15, 0.2) is 33.5 Å². The average Bonchev–Trinajstić information content (AvgIpc) is 3.30. The monoisotopic (exact) mass is 484 g/mol. The van der Waals surface area contributed by atoms with Gasteiger partial charge in [-0.2, -0.15) is 0 Å². The van der Waals surface area contributed by atoms with E-state index >= 15 is 0 Å². The SMILES string of the molecule is CC(=O)N(c1nc(CSc2nc3sc(C)c(C)c3c(=O)n2C)cs1)c1ccc(C)cc1C. The Morgan fingerprint density at radius 3 is 2.62 bits per heavy atom. The molecule has 0 saturated heterocycles. The number of thiazole rings is 1. The van der Waals surface area contributed by atoms with E-state index in [9.17, 15) is 9.59 Å². The smallest absolute Gasteiger partial charge is 0.262 e. The van der Waals surface area contributed by atoms with Crippen molar-refractivity contribution < 1.29 is 4.79 Å². The molecule has 1 aromatic carbocycles. The zero-order valence-corrected chi connectivity index (χ0v) is 21.3. The number of aryl methyl sites for hydroxylation is 4. The largest absolute Gasteiger partial charge is 0.290 e. The van der Waals surface area contributed by atoms with E-state index in [1.807, 2.05) is 45.2 Å². The molecule has 9 heteroatoms. The van der Waals surface area contributed by atoms with Crippen LogP contribution < -0.4 is 10.5 Å². The first-order chi connectivity index (χ1) is 15.2. The lowest BCUT2D eigenvalue weighted by molar-refractivity contribution is -0.115. The molecule has 0 aliphatic rings. The summed E-state index contributed by atoms with van der Waals surface area (Å²) in [6, 6.07) is 6.02. The van der Waals surface area contributed by atoms with E-state index in [4.69, 9.17) is 9.97 Å². The lowest BCUT2D eigenvalue weighted by atomic mass is 10.1. The van der Waals surface area contributed by atoms with Crippen molar-refractivity contribution >= 4 is 61.4 Å². The van der Waals surface area contributed by atoms with Gasteiger partial charge in [-0.1, -0.05) is 29.5 Å². The van der Waals surface area contributed by atoms with Crippen LogP contribution in [-0.2, 0) is 17.6 Å². The first-order valence-electron chi connectivity index (χ1n) is 10.1. The van der Waals surface area contributed by atoms with Crippen molar-refractivity contribution in [2.45, 2.75) is 45.5 Å². The summed E-state index contributed by atoms with van der Waals surface area (Å²) in [6.45, 7) is 9.57. The lowest BCUT2D eigenvalue weighted by Crippen LogP contribution is -2.23. The summed E-state index contributed by atoms with van der Waals surface area (Å²) in [5.74, 6) is 0.480. The highest BCUT2D eigenvalue weighted by Gasteiger charge is 2.20. The van der Waals surface area contributed by atoms with Crippen LogP contribution in [0.25, 0.3) is 10.2 Å². The number of benzene rings is 1. The van der Waals surface area contributed by atoms with E-state index in [0.717, 1.165) is 37.8 Å². The van der Waals surface area contributed by atoms with Crippen LogP contribution >= 0.6 is 34.4 Å². The molecular formula is C23H24N4O2S3. The van der Waals surface area contributed by atoms with Crippen LogP contribution in [0, 0.1) is 27.7 Å². The van der Waals surface area contributed by atoms with Gasteiger partial charge in [0.15, 0.2) is 10.3 Å². The third-order valence-corrected chi connectivity index (χ3v) is 8.40. The van der Waals surface area contributed by atoms with Gasteiger partial charge in [0.05, 0.1) is 16.8 Å². The van der Waals surface area contributed by atoms with Crippen molar-refractivity contribution in [3.05, 3.63) is 61.2 Å². The molecule has 6 nitrogen and oxygen atoms in total. The zero-order chi connectivity index (χ0) is 23.2. The number of rotatable bonds is 5. The number of fused-ring (bicyclic) bond motifs is 1. The molecule has 4 rings (SSSR count). The molecule has 0 spiro atoms. The summed E-state index contributed by atoms with van der Waals surface area (Å²) in [5, 5.41) is 3.97. The third kappa shape index (κ3) is 4.12. The molecule has 0 saturated carbocycles. The molecule has 32 heavy (non-hydrogen) atoms. The van der Waals surface area contributed by atoms with Crippen LogP contribution in [0.1, 0.15) is 34.2 Å². The molecule has 0 atom stereocenters. The summed E-state index contributed by atoms with van der Waals surface area (Å²) < 4.78 is 1.61. The van der Waals surface area contributed by atoms with Crippen LogP contribution in [0.3, 0.4) is 0 Å². The van der Waals surface area contributed by atoms with Gasteiger partial charge < -0.3 is 0 Å². The number of hydrogen-bond acceptors (Lipinski definition) is 7. The summed E-state index contributed by atoms with van der Waals surface area (Å²) in [6.07, 6.45) is 0. The molecule has 4 aromatic rings. The standard InChI is InChI=1S/C23H24N4O2S3/c1-12-7-8-18(13(2)9-12)27(16(5)28)23-24-17(11-31-23)10-30-22-25-20-19(21(29)26(22)6)14(3)15(4)32-20/h7-9,11H,10H2,1-6H3. The number of anilines is 2. The Balaban J connectivity index is 1.60. The van der Waals surface area contributed by atoms with Crippen LogP contribution in [0.4, 0.5) is 10.8 Å². The van der Waals surface area contributed by atoms with E-state index in [1.54, 1.807) is 34.8 Å². The van der Waals surface area contributed by atoms with Gasteiger partial charge in [0.2, 0.25) is 5.91 Å². The first-order valence-corrected chi connectivity index (χ1v) is 12.8. The number of thiophene rings is 1. The van der Waals surface area contributed by atoms with Crippen molar-refractivity contribution in [1.82, 2.24) is 14.5 Å². The number of aromatic nitrogens is 3. The van der Waals surface area contributed by atoms with Gasteiger partial charge in [-0.15, -0.1) is 22.7 Å². The maximum Gasteiger partial charge on any atom is 0.262 e. The minimum Gasteiger partial charge on any atom is -0.290 e. The van der Waals surface area contributed by atoms with E-state index in [-0.39, 0.29) is 11.5 Å². The Morgan fingerprint density at radius 1 is 1.19 bits per heavy atom. The molecule has 0 N–H and O–H groups in total. The average molecular weight is 485 g/mol. The molecule has 3 heterocycles. The fourth-order valence-corrected chi connectivity index (χ4v) is 6.47. The number of thioether (sulfide) groups is 1. The number of carbonyl (C=O) groups excluding carboxylic acids is 1. The summed E-state index contributed by atoms with van der Waals surface area (Å²) in [7, 11) is 1.76. The molecule has 0 unspecified atom stereocenters. The van der Waals surface area contributed by atoms with E-state index in [2.05, 4.69) is 6.07 Å². The molecule has 0 radical (unpaired) electrons. The molecule has 0 fully saturated rings. The minimum atomic E-state index is -0.0801. The molecule has 3 aromatic heterocycles. The fourth-order valence-electron chi connectivity index (χ4n) is 3.55. The van der Waals surface area contributed by atoms with Gasteiger partial charge in [-0.05, 0) is 44.9 Å². The lowest BCUT2D eigenvalue weighted by Gasteiger charge is -2.20. The second-order valence-corrected chi connectivity index (χ2v) is 10.8. The van der Waals surface area contributed by atoms with Gasteiger partial charge in [-0.25, -0.2) is 9.97 Å². The molecule has 1 amide bonds. The predicted molar refractivity (Wildman–Crippen MR) is 135 cm³/mol. The Bertz CT molecular complexity index is 1400. The minimum absolute atomic E-state index is 0.0177. The van der Waals surface area contributed by atoms with Crippen molar-refractivity contribution in [1.29, 1.82) is 0 Å². The summed E-state index contributed by atoms with van der Waals surface area (Å²) >= 11 is 4.47. The summed E-state index contributed by atoms with van der Waals surface area (Å²) in [4.78, 5) is 38.3. The normalized spacial score (nSPS) is 11.3. The van der Waals surface area contributed by atoms with E-state index in [0.29, 0.717) is 21.4 Å². The predicted octanol–water partition coefficient (Wildman–Crippen LogP) is 5.66.